The van der Waals surface area contributed by atoms with E-state index >= 15 is 0 Å². The lowest BCUT2D eigenvalue weighted by molar-refractivity contribution is 0.668. The number of benzene rings is 7. The summed E-state index contributed by atoms with van der Waals surface area (Å²) in [5, 5.41) is 5.63. The first-order valence-electron chi connectivity index (χ1n) is 21.0. The van der Waals surface area contributed by atoms with Crippen LogP contribution in [0.25, 0.3) is 122 Å². The van der Waals surface area contributed by atoms with Gasteiger partial charge in [-0.2, -0.15) is 0 Å². The highest BCUT2D eigenvalue weighted by Gasteiger charge is 2.19. The zero-order valence-corrected chi connectivity index (χ0v) is 33.7. The van der Waals surface area contributed by atoms with Gasteiger partial charge in [-0.15, -0.1) is 0 Å². The summed E-state index contributed by atoms with van der Waals surface area (Å²) in [5.74, 6) is 2.36. The predicted octanol–water partition coefficient (Wildman–Crippen LogP) is 14.0. The van der Waals surface area contributed by atoms with E-state index in [1.165, 1.54) is 5.39 Å². The molecule has 0 spiro atoms. The zero-order valence-electron chi connectivity index (χ0n) is 33.7. The van der Waals surface area contributed by atoms with Crippen molar-refractivity contribution >= 4 is 65.7 Å². The number of nitrogens with zero attached hydrogens (tertiary/aromatic N) is 6. The second kappa shape index (κ2) is 13.9. The molecule has 0 N–H and O–H groups in total. The topological polar surface area (TPSA) is 74.6 Å². The maximum atomic E-state index is 6.07. The first-order chi connectivity index (χ1) is 31.2. The standard InChI is InChI=1S/C56H34N6O/c1-3-13-35(14-4-1)46-34-54(60-56(59-46)36-15-5-2-6-16-36)62-48-21-10-8-18-41(48)43-32-38(25-28-50(43)62)37-24-27-49-42(31-37)40-17-7-9-20-47(40)61(49)53-23-11-19-45(58-53)39-26-29-51-44(33-39)55-52(63-51)22-12-30-57-55/h1-34H. The Bertz CT molecular complexity index is 3860. The summed E-state index contributed by atoms with van der Waals surface area (Å²) in [6, 6.07) is 69.7. The summed E-state index contributed by atoms with van der Waals surface area (Å²) in [4.78, 5) is 20.2. The Morgan fingerprint density at radius 3 is 1.65 bits per heavy atom. The van der Waals surface area contributed by atoms with Gasteiger partial charge in [0.25, 0.3) is 0 Å². The molecule has 13 aromatic rings. The van der Waals surface area contributed by atoms with E-state index in [1.54, 1.807) is 6.20 Å². The van der Waals surface area contributed by atoms with Crippen LogP contribution in [0, 0.1) is 0 Å². The van der Waals surface area contributed by atoms with Crippen molar-refractivity contribution in [3.8, 4) is 56.7 Å². The van der Waals surface area contributed by atoms with Gasteiger partial charge >= 0.3 is 0 Å². The maximum Gasteiger partial charge on any atom is 0.162 e. The van der Waals surface area contributed by atoms with Crippen molar-refractivity contribution in [1.82, 2.24) is 29.1 Å². The number of furan rings is 1. The molecular weight excluding hydrogens is 773 g/mol. The number of aromatic nitrogens is 6. The molecule has 0 fully saturated rings. The molecule has 0 amide bonds. The van der Waals surface area contributed by atoms with Crippen molar-refractivity contribution in [3.05, 3.63) is 206 Å². The highest BCUT2D eigenvalue weighted by molar-refractivity contribution is 6.13. The summed E-state index contributed by atoms with van der Waals surface area (Å²) in [7, 11) is 0. The third kappa shape index (κ3) is 5.67. The fourth-order valence-electron chi connectivity index (χ4n) is 9.29. The monoisotopic (exact) mass is 806 g/mol. The molecule has 7 aromatic carbocycles. The smallest absolute Gasteiger partial charge is 0.162 e. The van der Waals surface area contributed by atoms with Gasteiger partial charge in [0, 0.05) is 55.9 Å². The highest BCUT2D eigenvalue weighted by Crippen LogP contribution is 2.39. The van der Waals surface area contributed by atoms with Crippen molar-refractivity contribution in [2.75, 3.05) is 0 Å². The van der Waals surface area contributed by atoms with Crippen molar-refractivity contribution in [2.45, 2.75) is 0 Å². The Morgan fingerprint density at radius 2 is 0.937 bits per heavy atom. The molecule has 0 bridgehead atoms. The van der Waals surface area contributed by atoms with Gasteiger partial charge in [0.2, 0.25) is 0 Å². The van der Waals surface area contributed by atoms with Gasteiger partial charge in [-0.3, -0.25) is 14.1 Å². The van der Waals surface area contributed by atoms with Crippen LogP contribution in [0.15, 0.2) is 211 Å². The molecule has 63 heavy (non-hydrogen) atoms. The molecule has 7 nitrogen and oxygen atoms in total. The first-order valence-corrected chi connectivity index (χ1v) is 21.0. The molecule has 0 saturated heterocycles. The fourth-order valence-corrected chi connectivity index (χ4v) is 9.29. The number of hydrogen-bond donors (Lipinski definition) is 0. The van der Waals surface area contributed by atoms with Gasteiger partial charge in [0.05, 0.1) is 33.5 Å². The van der Waals surface area contributed by atoms with Gasteiger partial charge in [0.1, 0.15) is 22.7 Å². The molecule has 0 aliphatic rings. The SMILES string of the molecule is c1ccc(-c2cc(-n3c4ccccc4c4cc(-c5ccc6c(c5)c5ccccc5n6-c5cccc(-c6ccc7oc8cccnc8c7c6)n5)ccc43)nc(-c3ccccc3)n2)cc1. The van der Waals surface area contributed by atoms with Crippen LogP contribution >= 0.6 is 0 Å². The molecule has 0 saturated carbocycles. The lowest BCUT2D eigenvalue weighted by atomic mass is 10.0. The molecule has 6 heterocycles. The average Bonchev–Trinajstić information content (AvgIpc) is 4.01. The Labute approximate surface area is 360 Å². The zero-order chi connectivity index (χ0) is 41.4. The Hall–Kier alpha value is -8.68. The third-order valence-electron chi connectivity index (χ3n) is 12.2. The average molecular weight is 807 g/mol. The molecule has 7 heteroatoms. The van der Waals surface area contributed by atoms with Gasteiger partial charge in [-0.25, -0.2) is 15.0 Å². The largest absolute Gasteiger partial charge is 0.454 e. The number of pyridine rings is 2. The van der Waals surface area contributed by atoms with E-state index in [9.17, 15) is 0 Å². The maximum absolute atomic E-state index is 6.07. The van der Waals surface area contributed by atoms with Gasteiger partial charge in [0.15, 0.2) is 11.4 Å². The lowest BCUT2D eigenvalue weighted by Crippen LogP contribution is -2.02. The minimum atomic E-state index is 0.686. The molecule has 0 aliphatic heterocycles. The third-order valence-corrected chi connectivity index (χ3v) is 12.2. The molecule has 0 aliphatic carbocycles. The van der Waals surface area contributed by atoms with E-state index in [4.69, 9.17) is 19.4 Å². The van der Waals surface area contributed by atoms with Crippen LogP contribution in [0.1, 0.15) is 0 Å². The number of para-hydroxylation sites is 2. The fraction of sp³-hybridized carbons (Fsp3) is 0. The molecule has 294 valence electrons. The van der Waals surface area contributed by atoms with Crippen LogP contribution < -0.4 is 0 Å². The van der Waals surface area contributed by atoms with Crippen LogP contribution in [0.3, 0.4) is 0 Å². The van der Waals surface area contributed by atoms with Crippen molar-refractivity contribution < 1.29 is 4.42 Å². The normalized spacial score (nSPS) is 11.8. The number of hydrogen-bond acceptors (Lipinski definition) is 5. The molecule has 13 rings (SSSR count). The summed E-state index contributed by atoms with van der Waals surface area (Å²) in [5.41, 5.74) is 13.9. The summed E-state index contributed by atoms with van der Waals surface area (Å²) < 4.78 is 10.6. The molecular formula is C56H34N6O. The Kier molecular flexibility index (Phi) is 7.77. The predicted molar refractivity (Wildman–Crippen MR) is 255 cm³/mol. The quantitative estimate of drug-likeness (QED) is 0.167. The van der Waals surface area contributed by atoms with E-state index in [2.05, 4.69) is 172 Å². The molecule has 0 unspecified atom stereocenters. The minimum absolute atomic E-state index is 0.686. The van der Waals surface area contributed by atoms with E-state index in [0.717, 1.165) is 111 Å². The van der Waals surface area contributed by atoms with Crippen molar-refractivity contribution in [1.29, 1.82) is 0 Å². The molecule has 0 atom stereocenters. The van der Waals surface area contributed by atoms with E-state index < -0.39 is 0 Å². The van der Waals surface area contributed by atoms with Crippen LogP contribution in [0.2, 0.25) is 0 Å². The Balaban J connectivity index is 0.938. The Morgan fingerprint density at radius 1 is 0.333 bits per heavy atom. The second-order valence-electron chi connectivity index (χ2n) is 15.9. The van der Waals surface area contributed by atoms with E-state index in [0.29, 0.717) is 5.82 Å². The molecule has 0 radical (unpaired) electrons. The van der Waals surface area contributed by atoms with Crippen LogP contribution in [0.5, 0.6) is 0 Å². The number of rotatable bonds is 6. The second-order valence-corrected chi connectivity index (χ2v) is 15.9. The summed E-state index contributed by atoms with van der Waals surface area (Å²) in [6.07, 6.45) is 1.80. The highest BCUT2D eigenvalue weighted by atomic mass is 16.3. The van der Waals surface area contributed by atoms with E-state index in [-0.39, 0.29) is 0 Å². The van der Waals surface area contributed by atoms with Crippen LogP contribution in [-0.4, -0.2) is 29.1 Å². The van der Waals surface area contributed by atoms with Gasteiger partial charge < -0.3 is 4.42 Å². The lowest BCUT2D eigenvalue weighted by Gasteiger charge is -2.12. The minimum Gasteiger partial charge on any atom is -0.454 e. The summed E-state index contributed by atoms with van der Waals surface area (Å²) >= 11 is 0. The van der Waals surface area contributed by atoms with Gasteiger partial charge in [-0.05, 0) is 90.0 Å². The van der Waals surface area contributed by atoms with Gasteiger partial charge in [-0.1, -0.05) is 115 Å². The number of fused-ring (bicyclic) bond motifs is 9. The summed E-state index contributed by atoms with van der Waals surface area (Å²) in [6.45, 7) is 0. The molecule has 6 aromatic heterocycles. The van der Waals surface area contributed by atoms with Crippen LogP contribution in [0.4, 0.5) is 0 Å². The van der Waals surface area contributed by atoms with Crippen LogP contribution in [-0.2, 0) is 0 Å². The first kappa shape index (κ1) is 35.1. The van der Waals surface area contributed by atoms with Crippen molar-refractivity contribution in [2.24, 2.45) is 0 Å². The van der Waals surface area contributed by atoms with E-state index in [1.807, 2.05) is 42.5 Å². The van der Waals surface area contributed by atoms with Crippen molar-refractivity contribution in [3.63, 3.8) is 0 Å².